The molecule has 2 heterocycles. The van der Waals surface area contributed by atoms with Gasteiger partial charge in [-0.15, -0.1) is 22.7 Å². The van der Waals surface area contributed by atoms with Crippen LogP contribution in [-0.4, -0.2) is 4.98 Å². The molecule has 21 heavy (non-hydrogen) atoms. The van der Waals surface area contributed by atoms with Crippen molar-refractivity contribution in [2.75, 3.05) is 0 Å². The molecule has 0 aliphatic carbocycles. The number of thiazole rings is 1. The van der Waals surface area contributed by atoms with E-state index in [2.05, 4.69) is 60.8 Å². The van der Waals surface area contributed by atoms with Crippen molar-refractivity contribution in [3.63, 3.8) is 0 Å². The highest BCUT2D eigenvalue weighted by atomic mass is 32.1. The van der Waals surface area contributed by atoms with E-state index in [-0.39, 0.29) is 0 Å². The van der Waals surface area contributed by atoms with Gasteiger partial charge in [0.15, 0.2) is 0 Å². The van der Waals surface area contributed by atoms with Gasteiger partial charge in [0.05, 0.1) is 10.6 Å². The minimum atomic E-state index is 1.09. The third kappa shape index (κ3) is 2.19. The number of nitrogens with zero attached hydrogens (tertiary/aromatic N) is 1. The zero-order valence-electron chi connectivity index (χ0n) is 11.5. The summed E-state index contributed by atoms with van der Waals surface area (Å²) in [6.07, 6.45) is 0. The van der Waals surface area contributed by atoms with Crippen LogP contribution in [0.4, 0.5) is 0 Å². The maximum atomic E-state index is 4.84. The summed E-state index contributed by atoms with van der Waals surface area (Å²) in [6.45, 7) is 2.19. The lowest BCUT2D eigenvalue weighted by Crippen LogP contribution is -1.78. The van der Waals surface area contributed by atoms with Crippen molar-refractivity contribution in [2.45, 2.75) is 6.92 Å². The van der Waals surface area contributed by atoms with Crippen LogP contribution in [-0.2, 0) is 0 Å². The van der Waals surface area contributed by atoms with E-state index >= 15 is 0 Å². The predicted octanol–water partition coefficient (Wildman–Crippen LogP) is 6.00. The Morgan fingerprint density at radius 2 is 1.67 bits per heavy atom. The van der Waals surface area contributed by atoms with Gasteiger partial charge in [0.25, 0.3) is 0 Å². The lowest BCUT2D eigenvalue weighted by molar-refractivity contribution is 1.40. The molecule has 0 saturated carbocycles. The number of benzene rings is 2. The molecule has 102 valence electrons. The van der Waals surface area contributed by atoms with Crippen molar-refractivity contribution in [1.82, 2.24) is 4.98 Å². The number of fused-ring (bicyclic) bond motifs is 1. The van der Waals surface area contributed by atoms with Crippen LogP contribution in [0.5, 0.6) is 0 Å². The maximum absolute atomic E-state index is 4.84. The van der Waals surface area contributed by atoms with Crippen LogP contribution in [0.3, 0.4) is 0 Å². The first-order chi connectivity index (χ1) is 10.3. The van der Waals surface area contributed by atoms with Crippen molar-refractivity contribution < 1.29 is 0 Å². The van der Waals surface area contributed by atoms with Crippen molar-refractivity contribution in [3.05, 3.63) is 65.5 Å². The molecule has 2 aromatic heterocycles. The van der Waals surface area contributed by atoms with Crippen LogP contribution in [0.25, 0.3) is 31.2 Å². The third-order valence-corrected chi connectivity index (χ3v) is 5.79. The summed E-state index contributed by atoms with van der Waals surface area (Å²) in [5, 5.41) is 4.59. The number of hydrogen-bond donors (Lipinski definition) is 0. The van der Waals surface area contributed by atoms with Crippen LogP contribution in [0.1, 0.15) is 5.56 Å². The summed E-state index contributed by atoms with van der Waals surface area (Å²) in [5.74, 6) is 0. The molecule has 0 atom stereocenters. The fourth-order valence-corrected chi connectivity index (χ4v) is 4.57. The molecule has 2 aromatic carbocycles. The van der Waals surface area contributed by atoms with E-state index in [0.29, 0.717) is 0 Å². The quantitative estimate of drug-likeness (QED) is 0.442. The third-order valence-electron chi connectivity index (χ3n) is 3.60. The summed E-state index contributed by atoms with van der Waals surface area (Å²) in [5.41, 5.74) is 3.62. The molecule has 0 spiro atoms. The molecule has 4 rings (SSSR count). The zero-order chi connectivity index (χ0) is 14.2. The SMILES string of the molecule is Cc1c(-c2csc(-c3ccccc3)n2)sc2ccccc12. The lowest BCUT2D eigenvalue weighted by atomic mass is 10.1. The molecule has 0 bridgehead atoms. The second-order valence-corrected chi connectivity index (χ2v) is 6.87. The Labute approximate surface area is 131 Å². The van der Waals surface area contributed by atoms with Crippen LogP contribution in [0.2, 0.25) is 0 Å². The van der Waals surface area contributed by atoms with Gasteiger partial charge in [0.2, 0.25) is 0 Å². The van der Waals surface area contributed by atoms with Gasteiger partial charge in [-0.05, 0) is 23.9 Å². The van der Waals surface area contributed by atoms with Crippen LogP contribution >= 0.6 is 22.7 Å². The lowest BCUT2D eigenvalue weighted by Gasteiger charge is -1.95. The Hall–Kier alpha value is -1.97. The second-order valence-electron chi connectivity index (χ2n) is 4.96. The highest BCUT2D eigenvalue weighted by Gasteiger charge is 2.13. The average Bonchev–Trinajstić information content (AvgIpc) is 3.14. The first-order valence-corrected chi connectivity index (χ1v) is 8.52. The Kier molecular flexibility index (Phi) is 3.09. The van der Waals surface area contributed by atoms with Crippen molar-refractivity contribution >= 4 is 32.8 Å². The standard InChI is InChI=1S/C18H13NS2/c1-12-14-9-5-6-10-16(14)21-17(12)15-11-20-18(19-15)13-7-3-2-4-8-13/h2-11H,1H3. The van der Waals surface area contributed by atoms with Gasteiger partial charge in [0.1, 0.15) is 5.01 Å². The van der Waals surface area contributed by atoms with E-state index in [1.54, 1.807) is 11.3 Å². The molecular formula is C18H13NS2. The van der Waals surface area contributed by atoms with Crippen molar-refractivity contribution in [3.8, 4) is 21.1 Å². The Balaban J connectivity index is 1.83. The topological polar surface area (TPSA) is 12.9 Å². The summed E-state index contributed by atoms with van der Waals surface area (Å²) in [6, 6.07) is 18.9. The number of thiophene rings is 1. The van der Waals surface area contributed by atoms with Gasteiger partial charge in [-0.1, -0.05) is 48.5 Å². The molecule has 0 fully saturated rings. The minimum absolute atomic E-state index is 1.09. The number of rotatable bonds is 2. The smallest absolute Gasteiger partial charge is 0.124 e. The Morgan fingerprint density at radius 1 is 0.905 bits per heavy atom. The predicted molar refractivity (Wildman–Crippen MR) is 93.1 cm³/mol. The molecule has 0 saturated heterocycles. The summed E-state index contributed by atoms with van der Waals surface area (Å²) in [4.78, 5) is 6.12. The summed E-state index contributed by atoms with van der Waals surface area (Å²) < 4.78 is 1.33. The molecule has 4 aromatic rings. The number of aromatic nitrogens is 1. The first-order valence-electron chi connectivity index (χ1n) is 6.82. The van der Waals surface area contributed by atoms with E-state index in [9.17, 15) is 0 Å². The van der Waals surface area contributed by atoms with Crippen LogP contribution in [0.15, 0.2) is 60.0 Å². The van der Waals surface area contributed by atoms with Crippen LogP contribution < -0.4 is 0 Å². The van der Waals surface area contributed by atoms with Crippen molar-refractivity contribution in [1.29, 1.82) is 0 Å². The molecule has 1 nitrogen and oxygen atoms in total. The average molecular weight is 307 g/mol. The zero-order valence-corrected chi connectivity index (χ0v) is 13.2. The maximum Gasteiger partial charge on any atom is 0.124 e. The van der Waals surface area contributed by atoms with E-state index in [1.165, 1.54) is 26.1 Å². The van der Waals surface area contributed by atoms with Gasteiger partial charge < -0.3 is 0 Å². The molecule has 3 heteroatoms. The fourth-order valence-electron chi connectivity index (χ4n) is 2.51. The molecule has 0 aliphatic heterocycles. The molecule has 0 N–H and O–H groups in total. The highest BCUT2D eigenvalue weighted by Crippen LogP contribution is 2.39. The monoisotopic (exact) mass is 307 g/mol. The first kappa shape index (κ1) is 12.7. The van der Waals surface area contributed by atoms with E-state index in [1.807, 2.05) is 17.4 Å². The molecule has 0 unspecified atom stereocenters. The van der Waals surface area contributed by atoms with E-state index in [0.717, 1.165) is 10.7 Å². The summed E-state index contributed by atoms with van der Waals surface area (Å²) >= 11 is 3.54. The van der Waals surface area contributed by atoms with Gasteiger partial charge in [-0.2, -0.15) is 0 Å². The fraction of sp³-hybridized carbons (Fsp3) is 0.0556. The highest BCUT2D eigenvalue weighted by molar-refractivity contribution is 7.22. The molecular weight excluding hydrogens is 294 g/mol. The summed E-state index contributed by atoms with van der Waals surface area (Å²) in [7, 11) is 0. The van der Waals surface area contributed by atoms with Crippen molar-refractivity contribution in [2.24, 2.45) is 0 Å². The van der Waals surface area contributed by atoms with E-state index < -0.39 is 0 Å². The second kappa shape index (κ2) is 5.10. The van der Waals surface area contributed by atoms with Gasteiger partial charge >= 0.3 is 0 Å². The Morgan fingerprint density at radius 3 is 2.48 bits per heavy atom. The van der Waals surface area contributed by atoms with E-state index in [4.69, 9.17) is 4.98 Å². The number of aryl methyl sites for hydroxylation is 1. The van der Waals surface area contributed by atoms with Gasteiger partial charge in [0, 0.05) is 15.6 Å². The number of hydrogen-bond acceptors (Lipinski definition) is 3. The normalized spacial score (nSPS) is 11.1. The van der Waals surface area contributed by atoms with Crippen LogP contribution in [0, 0.1) is 6.92 Å². The Bertz CT molecular complexity index is 903. The molecule has 0 amide bonds. The van der Waals surface area contributed by atoms with Gasteiger partial charge in [-0.3, -0.25) is 0 Å². The molecule has 0 radical (unpaired) electrons. The van der Waals surface area contributed by atoms with Gasteiger partial charge in [-0.25, -0.2) is 4.98 Å². The molecule has 0 aliphatic rings. The minimum Gasteiger partial charge on any atom is -0.235 e. The largest absolute Gasteiger partial charge is 0.235 e.